The number of anilines is 1. The van der Waals surface area contributed by atoms with Crippen molar-refractivity contribution in [1.82, 2.24) is 19.9 Å². The quantitative estimate of drug-likeness (QED) is 0.784. The molecule has 1 aliphatic rings. The first kappa shape index (κ1) is 15.9. The summed E-state index contributed by atoms with van der Waals surface area (Å²) in [6.07, 6.45) is 5.31. The van der Waals surface area contributed by atoms with Crippen LogP contribution in [0.4, 0.5) is 5.82 Å². The minimum Gasteiger partial charge on any atom is -0.356 e. The van der Waals surface area contributed by atoms with Crippen molar-refractivity contribution < 1.29 is 4.79 Å². The fourth-order valence-electron chi connectivity index (χ4n) is 3.22. The molecule has 1 aliphatic heterocycles. The number of carbonyl (C=O) groups is 1. The second-order valence-corrected chi connectivity index (χ2v) is 6.53. The minimum atomic E-state index is -0.109. The summed E-state index contributed by atoms with van der Waals surface area (Å²) >= 11 is 6.10. The molecule has 3 aromatic rings. The number of benzene rings is 1. The van der Waals surface area contributed by atoms with Crippen LogP contribution in [0.25, 0.3) is 5.65 Å². The van der Waals surface area contributed by atoms with Gasteiger partial charge in [-0.3, -0.25) is 4.79 Å². The van der Waals surface area contributed by atoms with Gasteiger partial charge in [-0.1, -0.05) is 23.7 Å². The van der Waals surface area contributed by atoms with E-state index in [0.29, 0.717) is 10.6 Å². The number of fused-ring (bicyclic) bond motifs is 1. The van der Waals surface area contributed by atoms with Crippen molar-refractivity contribution in [2.75, 3.05) is 18.0 Å². The molecule has 25 heavy (non-hydrogen) atoms. The second kappa shape index (κ2) is 6.72. The predicted octanol–water partition coefficient (Wildman–Crippen LogP) is 2.78. The molecule has 1 N–H and O–H groups in total. The summed E-state index contributed by atoms with van der Waals surface area (Å²) in [5.41, 5.74) is 1.37. The molecule has 1 fully saturated rings. The van der Waals surface area contributed by atoms with Crippen LogP contribution in [0, 0.1) is 0 Å². The van der Waals surface area contributed by atoms with Crippen LogP contribution in [-0.2, 0) is 0 Å². The number of hydrogen-bond acceptors (Lipinski definition) is 4. The third-order valence-corrected chi connectivity index (χ3v) is 4.87. The number of nitrogens with one attached hydrogen (secondary N) is 1. The standard InChI is InChI=1S/C18H18ClN5O/c19-15-4-2-1-3-14(15)18(25)22-13-7-11-23(12-8-13)17-6-9-20-16-5-10-21-24(16)17/h1-6,9-10,13H,7-8,11-12H2,(H,22,25). The molecule has 4 rings (SSSR count). The molecule has 7 heteroatoms. The van der Waals surface area contributed by atoms with E-state index in [9.17, 15) is 4.79 Å². The number of piperidine rings is 1. The summed E-state index contributed by atoms with van der Waals surface area (Å²) in [5, 5.41) is 7.92. The van der Waals surface area contributed by atoms with E-state index in [-0.39, 0.29) is 11.9 Å². The lowest BCUT2D eigenvalue weighted by atomic mass is 10.0. The third kappa shape index (κ3) is 3.17. The van der Waals surface area contributed by atoms with E-state index in [4.69, 9.17) is 11.6 Å². The van der Waals surface area contributed by atoms with Gasteiger partial charge in [-0.15, -0.1) is 0 Å². The summed E-state index contributed by atoms with van der Waals surface area (Å²) in [7, 11) is 0. The first-order valence-electron chi connectivity index (χ1n) is 8.31. The highest BCUT2D eigenvalue weighted by Crippen LogP contribution is 2.21. The van der Waals surface area contributed by atoms with E-state index < -0.39 is 0 Å². The van der Waals surface area contributed by atoms with Crippen molar-refractivity contribution in [3.05, 3.63) is 59.4 Å². The number of rotatable bonds is 3. The topological polar surface area (TPSA) is 62.5 Å². The van der Waals surface area contributed by atoms with Crippen LogP contribution in [-0.4, -0.2) is 39.6 Å². The number of carbonyl (C=O) groups excluding carboxylic acids is 1. The smallest absolute Gasteiger partial charge is 0.253 e. The molecule has 3 heterocycles. The highest BCUT2D eigenvalue weighted by Gasteiger charge is 2.23. The first-order valence-corrected chi connectivity index (χ1v) is 8.69. The van der Waals surface area contributed by atoms with Crippen LogP contribution in [0.5, 0.6) is 0 Å². The zero-order valence-electron chi connectivity index (χ0n) is 13.6. The maximum absolute atomic E-state index is 12.4. The van der Waals surface area contributed by atoms with Crippen LogP contribution in [0.15, 0.2) is 48.8 Å². The molecule has 128 valence electrons. The van der Waals surface area contributed by atoms with E-state index in [1.165, 1.54) is 0 Å². The first-order chi connectivity index (χ1) is 12.2. The SMILES string of the molecule is O=C(NC1CCN(c2ccnc3ccnn23)CC1)c1ccccc1Cl. The Hall–Kier alpha value is -2.60. The van der Waals surface area contributed by atoms with Crippen molar-refractivity contribution in [2.24, 2.45) is 0 Å². The Balaban J connectivity index is 1.41. The summed E-state index contributed by atoms with van der Waals surface area (Å²) in [6.45, 7) is 1.71. The summed E-state index contributed by atoms with van der Waals surface area (Å²) in [6, 6.07) is 11.1. The van der Waals surface area contributed by atoms with Crippen LogP contribution in [0.1, 0.15) is 23.2 Å². The van der Waals surface area contributed by atoms with Gasteiger partial charge in [0.05, 0.1) is 16.8 Å². The molecule has 0 spiro atoms. The van der Waals surface area contributed by atoms with E-state index in [0.717, 1.165) is 37.4 Å². The maximum atomic E-state index is 12.4. The van der Waals surface area contributed by atoms with Gasteiger partial charge in [0, 0.05) is 31.4 Å². The van der Waals surface area contributed by atoms with Crippen molar-refractivity contribution in [3.63, 3.8) is 0 Å². The zero-order chi connectivity index (χ0) is 17.2. The van der Waals surface area contributed by atoms with Gasteiger partial charge in [0.2, 0.25) is 0 Å². The van der Waals surface area contributed by atoms with Crippen LogP contribution in [0.3, 0.4) is 0 Å². The number of hydrogen-bond donors (Lipinski definition) is 1. The molecule has 1 saturated heterocycles. The molecular formula is C18H18ClN5O. The lowest BCUT2D eigenvalue weighted by Gasteiger charge is -2.33. The highest BCUT2D eigenvalue weighted by atomic mass is 35.5. The average molecular weight is 356 g/mol. The maximum Gasteiger partial charge on any atom is 0.253 e. The van der Waals surface area contributed by atoms with Crippen LogP contribution >= 0.6 is 11.6 Å². The lowest BCUT2D eigenvalue weighted by Crippen LogP contribution is -2.45. The Morgan fingerprint density at radius 1 is 1.12 bits per heavy atom. The highest BCUT2D eigenvalue weighted by molar-refractivity contribution is 6.33. The van der Waals surface area contributed by atoms with Gasteiger partial charge in [-0.2, -0.15) is 9.61 Å². The van der Waals surface area contributed by atoms with Gasteiger partial charge in [0.1, 0.15) is 5.82 Å². The summed E-state index contributed by atoms with van der Waals surface area (Å²) in [5.74, 6) is 0.924. The van der Waals surface area contributed by atoms with Crippen molar-refractivity contribution in [3.8, 4) is 0 Å². The Morgan fingerprint density at radius 2 is 1.92 bits per heavy atom. The van der Waals surface area contributed by atoms with Gasteiger partial charge in [0.15, 0.2) is 5.65 Å². The van der Waals surface area contributed by atoms with Gasteiger partial charge >= 0.3 is 0 Å². The van der Waals surface area contributed by atoms with Crippen LogP contribution in [0.2, 0.25) is 5.02 Å². The minimum absolute atomic E-state index is 0.109. The Morgan fingerprint density at radius 3 is 2.72 bits per heavy atom. The predicted molar refractivity (Wildman–Crippen MR) is 97.1 cm³/mol. The van der Waals surface area contributed by atoms with Gasteiger partial charge < -0.3 is 10.2 Å². The molecule has 6 nitrogen and oxygen atoms in total. The lowest BCUT2D eigenvalue weighted by molar-refractivity contribution is 0.0931. The summed E-state index contributed by atoms with van der Waals surface area (Å²) < 4.78 is 1.85. The number of aromatic nitrogens is 3. The van der Waals surface area contributed by atoms with Crippen molar-refractivity contribution in [2.45, 2.75) is 18.9 Å². The fourth-order valence-corrected chi connectivity index (χ4v) is 3.44. The molecule has 0 unspecified atom stereocenters. The van der Waals surface area contributed by atoms with E-state index in [2.05, 4.69) is 20.3 Å². The van der Waals surface area contributed by atoms with E-state index >= 15 is 0 Å². The van der Waals surface area contributed by atoms with Gasteiger partial charge in [0.25, 0.3) is 5.91 Å². The number of nitrogens with zero attached hydrogens (tertiary/aromatic N) is 4. The van der Waals surface area contributed by atoms with Crippen LogP contribution < -0.4 is 10.2 Å². The zero-order valence-corrected chi connectivity index (χ0v) is 14.4. The van der Waals surface area contributed by atoms with Gasteiger partial charge in [-0.25, -0.2) is 4.98 Å². The Bertz CT molecular complexity index is 901. The number of amides is 1. The summed E-state index contributed by atoms with van der Waals surface area (Å²) in [4.78, 5) is 19.0. The second-order valence-electron chi connectivity index (χ2n) is 6.12. The molecule has 0 atom stereocenters. The monoisotopic (exact) mass is 355 g/mol. The van der Waals surface area contributed by atoms with Crippen molar-refractivity contribution >= 4 is 29.0 Å². The van der Waals surface area contributed by atoms with Gasteiger partial charge in [-0.05, 0) is 31.0 Å². The third-order valence-electron chi connectivity index (χ3n) is 4.54. The number of halogens is 1. The molecule has 0 radical (unpaired) electrons. The largest absolute Gasteiger partial charge is 0.356 e. The molecule has 1 aromatic carbocycles. The molecule has 0 saturated carbocycles. The van der Waals surface area contributed by atoms with Crippen molar-refractivity contribution in [1.29, 1.82) is 0 Å². The molecule has 0 aliphatic carbocycles. The molecular weight excluding hydrogens is 338 g/mol. The van der Waals surface area contributed by atoms with E-state index in [1.54, 1.807) is 24.5 Å². The van der Waals surface area contributed by atoms with E-state index in [1.807, 2.05) is 28.8 Å². The fraction of sp³-hybridized carbons (Fsp3) is 0.278. The normalized spacial score (nSPS) is 15.5. The Labute approximate surface area is 150 Å². The average Bonchev–Trinajstić information content (AvgIpc) is 3.11. The Kier molecular flexibility index (Phi) is 4.28. The molecule has 1 amide bonds. The molecule has 0 bridgehead atoms. The molecule has 2 aromatic heterocycles.